The second-order valence-corrected chi connectivity index (χ2v) is 6.51. The molecule has 2 aromatic rings. The third kappa shape index (κ3) is 4.18. The highest BCUT2D eigenvalue weighted by molar-refractivity contribution is 7.16. The van der Waals surface area contributed by atoms with Crippen LogP contribution in [0.3, 0.4) is 0 Å². The predicted molar refractivity (Wildman–Crippen MR) is 80.9 cm³/mol. The fourth-order valence-electron chi connectivity index (χ4n) is 1.80. The zero-order chi connectivity index (χ0) is 13.8. The van der Waals surface area contributed by atoms with Gasteiger partial charge >= 0.3 is 0 Å². The van der Waals surface area contributed by atoms with Crippen LogP contribution in [0.25, 0.3) is 0 Å². The van der Waals surface area contributed by atoms with Gasteiger partial charge in [0.25, 0.3) is 0 Å². The van der Waals surface area contributed by atoms with Crippen molar-refractivity contribution in [3.8, 4) is 0 Å². The maximum Gasteiger partial charge on any atom is 0.142 e. The van der Waals surface area contributed by atoms with Crippen LogP contribution < -0.4 is 5.32 Å². The highest BCUT2D eigenvalue weighted by Crippen LogP contribution is 2.22. The summed E-state index contributed by atoms with van der Waals surface area (Å²) in [4.78, 5) is 1.24. The Morgan fingerprint density at radius 3 is 2.68 bits per heavy atom. The van der Waals surface area contributed by atoms with E-state index >= 15 is 0 Å². The van der Waals surface area contributed by atoms with E-state index in [9.17, 15) is 4.39 Å². The molecule has 1 nitrogen and oxygen atoms in total. The largest absolute Gasteiger partial charge is 0.310 e. The zero-order valence-electron chi connectivity index (χ0n) is 10.4. The van der Waals surface area contributed by atoms with E-state index in [1.54, 1.807) is 17.4 Å². The molecule has 1 atom stereocenters. The van der Waals surface area contributed by atoms with Gasteiger partial charge in [0, 0.05) is 17.5 Å². The summed E-state index contributed by atoms with van der Waals surface area (Å²) in [6.45, 7) is 2.83. The molecule has 0 aliphatic heterocycles. The summed E-state index contributed by atoms with van der Waals surface area (Å²) in [7, 11) is 0. The molecule has 1 heterocycles. The lowest BCUT2D eigenvalue weighted by Crippen LogP contribution is -2.21. The standard InChI is InChI=1S/C14H14Cl2FNS/c1-9(10-2-4-12(15)13(17)8-10)18-7-6-11-3-5-14(16)19-11/h2-5,8-9,18H,6-7H2,1H3. The highest BCUT2D eigenvalue weighted by atomic mass is 35.5. The lowest BCUT2D eigenvalue weighted by molar-refractivity contribution is 0.568. The number of nitrogens with one attached hydrogen (secondary N) is 1. The normalized spacial score (nSPS) is 12.6. The molecule has 1 unspecified atom stereocenters. The molecule has 1 aromatic heterocycles. The average molecular weight is 318 g/mol. The van der Waals surface area contributed by atoms with E-state index in [0.29, 0.717) is 0 Å². The molecule has 0 bridgehead atoms. The SMILES string of the molecule is CC(NCCc1ccc(Cl)s1)c1ccc(Cl)c(F)c1. The summed E-state index contributed by atoms with van der Waals surface area (Å²) < 4.78 is 14.2. The van der Waals surface area contributed by atoms with Gasteiger partial charge in [0.15, 0.2) is 0 Å². The van der Waals surface area contributed by atoms with Crippen molar-refractivity contribution in [3.05, 3.63) is 55.9 Å². The summed E-state index contributed by atoms with van der Waals surface area (Å²) in [6.07, 6.45) is 0.914. The van der Waals surface area contributed by atoms with Gasteiger partial charge in [-0.05, 0) is 43.2 Å². The quantitative estimate of drug-likeness (QED) is 0.810. The second-order valence-electron chi connectivity index (χ2n) is 4.31. The summed E-state index contributed by atoms with van der Waals surface area (Å²) in [5.41, 5.74) is 0.895. The lowest BCUT2D eigenvalue weighted by Gasteiger charge is -2.14. The fourth-order valence-corrected chi connectivity index (χ4v) is 3.00. The van der Waals surface area contributed by atoms with Crippen molar-refractivity contribution >= 4 is 34.5 Å². The van der Waals surface area contributed by atoms with Gasteiger partial charge in [-0.15, -0.1) is 11.3 Å². The summed E-state index contributed by atoms with van der Waals surface area (Å²) >= 11 is 13.1. The Hall–Kier alpha value is -0.610. The van der Waals surface area contributed by atoms with Crippen molar-refractivity contribution in [1.82, 2.24) is 5.32 Å². The lowest BCUT2D eigenvalue weighted by atomic mass is 10.1. The molecule has 5 heteroatoms. The minimum Gasteiger partial charge on any atom is -0.310 e. The zero-order valence-corrected chi connectivity index (χ0v) is 12.7. The minimum absolute atomic E-state index is 0.0854. The molecule has 0 fully saturated rings. The van der Waals surface area contributed by atoms with Gasteiger partial charge in [-0.3, -0.25) is 0 Å². The van der Waals surface area contributed by atoms with Crippen LogP contribution in [0, 0.1) is 5.82 Å². The molecule has 0 aliphatic carbocycles. The van der Waals surface area contributed by atoms with Crippen LogP contribution in [0.1, 0.15) is 23.4 Å². The molecule has 2 rings (SSSR count). The van der Waals surface area contributed by atoms with Gasteiger partial charge < -0.3 is 5.32 Å². The van der Waals surface area contributed by atoms with E-state index in [1.165, 1.54) is 10.9 Å². The molecule has 1 aromatic carbocycles. The van der Waals surface area contributed by atoms with Crippen LogP contribution in [0.4, 0.5) is 4.39 Å². The van der Waals surface area contributed by atoms with E-state index in [-0.39, 0.29) is 16.9 Å². The summed E-state index contributed by atoms with van der Waals surface area (Å²) in [6, 6.07) is 8.92. The topological polar surface area (TPSA) is 12.0 Å². The summed E-state index contributed by atoms with van der Waals surface area (Å²) in [5, 5.41) is 3.51. The Morgan fingerprint density at radius 1 is 1.26 bits per heavy atom. The molecule has 0 aliphatic rings. The van der Waals surface area contributed by atoms with Crippen LogP contribution in [0.5, 0.6) is 0 Å². The van der Waals surface area contributed by atoms with Crippen LogP contribution in [0.2, 0.25) is 9.36 Å². The van der Waals surface area contributed by atoms with Crippen LogP contribution in [-0.4, -0.2) is 6.54 Å². The Morgan fingerprint density at radius 2 is 2.05 bits per heavy atom. The van der Waals surface area contributed by atoms with Gasteiger partial charge in [-0.25, -0.2) is 4.39 Å². The third-order valence-corrected chi connectivity index (χ3v) is 4.49. The van der Waals surface area contributed by atoms with E-state index < -0.39 is 0 Å². The Balaban J connectivity index is 1.86. The summed E-state index contributed by atoms with van der Waals surface area (Å²) in [5.74, 6) is -0.377. The molecule has 102 valence electrons. The van der Waals surface area contributed by atoms with Gasteiger partial charge in [0.05, 0.1) is 9.36 Å². The highest BCUT2D eigenvalue weighted by Gasteiger charge is 2.08. The first-order valence-corrected chi connectivity index (χ1v) is 7.56. The van der Waals surface area contributed by atoms with Gasteiger partial charge in [-0.1, -0.05) is 29.3 Å². The molecular formula is C14H14Cl2FNS. The molecule has 0 spiro atoms. The first-order valence-electron chi connectivity index (χ1n) is 5.99. The Bertz CT molecular complexity index is 556. The Labute approximate surface area is 126 Å². The van der Waals surface area contributed by atoms with Crippen molar-refractivity contribution in [3.63, 3.8) is 0 Å². The van der Waals surface area contributed by atoms with Crippen LogP contribution >= 0.6 is 34.5 Å². The maximum absolute atomic E-state index is 13.4. The van der Waals surface area contributed by atoms with Crippen molar-refractivity contribution in [2.24, 2.45) is 0 Å². The smallest absolute Gasteiger partial charge is 0.142 e. The van der Waals surface area contributed by atoms with Crippen molar-refractivity contribution in [2.75, 3.05) is 6.54 Å². The van der Waals surface area contributed by atoms with Crippen molar-refractivity contribution in [1.29, 1.82) is 0 Å². The van der Waals surface area contributed by atoms with Crippen LogP contribution in [-0.2, 0) is 6.42 Å². The molecule has 1 N–H and O–H groups in total. The number of rotatable bonds is 5. The number of thiophene rings is 1. The number of hydrogen-bond acceptors (Lipinski definition) is 2. The molecule has 0 radical (unpaired) electrons. The number of benzene rings is 1. The monoisotopic (exact) mass is 317 g/mol. The van der Waals surface area contributed by atoms with Gasteiger partial charge in [-0.2, -0.15) is 0 Å². The maximum atomic E-state index is 13.4. The van der Waals surface area contributed by atoms with E-state index in [1.807, 2.05) is 25.1 Å². The second kappa shape index (κ2) is 6.71. The van der Waals surface area contributed by atoms with Crippen molar-refractivity contribution in [2.45, 2.75) is 19.4 Å². The minimum atomic E-state index is -0.377. The fraction of sp³-hybridized carbons (Fsp3) is 0.286. The van der Waals surface area contributed by atoms with Gasteiger partial charge in [0.1, 0.15) is 5.82 Å². The van der Waals surface area contributed by atoms with Gasteiger partial charge in [0.2, 0.25) is 0 Å². The predicted octanol–water partition coefficient (Wildman–Crippen LogP) is 5.09. The molecule has 0 saturated heterocycles. The van der Waals surface area contributed by atoms with E-state index in [2.05, 4.69) is 5.32 Å². The van der Waals surface area contributed by atoms with Crippen molar-refractivity contribution < 1.29 is 4.39 Å². The molecular weight excluding hydrogens is 304 g/mol. The number of halogens is 3. The molecule has 0 amide bonds. The number of hydrogen-bond donors (Lipinski definition) is 1. The Kier molecular flexibility index (Phi) is 5.22. The third-order valence-electron chi connectivity index (χ3n) is 2.89. The van der Waals surface area contributed by atoms with E-state index in [4.69, 9.17) is 23.2 Å². The first kappa shape index (κ1) is 14.8. The average Bonchev–Trinajstić information content (AvgIpc) is 2.78. The first-order chi connectivity index (χ1) is 9.06. The van der Waals surface area contributed by atoms with E-state index in [0.717, 1.165) is 22.9 Å². The molecule has 0 saturated carbocycles. The molecule has 19 heavy (non-hydrogen) atoms. The van der Waals surface area contributed by atoms with Crippen LogP contribution in [0.15, 0.2) is 30.3 Å².